The molecular weight excluding hydrogens is 270 g/mol. The number of hydrogen-bond acceptors (Lipinski definition) is 2. The predicted octanol–water partition coefficient (Wildman–Crippen LogP) is 3.74. The summed E-state index contributed by atoms with van der Waals surface area (Å²) in [5, 5.41) is 0. The lowest BCUT2D eigenvalue weighted by Crippen LogP contribution is -2.08. The lowest BCUT2D eigenvalue weighted by molar-refractivity contribution is 0.595. The summed E-state index contributed by atoms with van der Waals surface area (Å²) in [6, 6.07) is 16.9. The average Bonchev–Trinajstić information content (AvgIpc) is 2.85. The van der Waals surface area contributed by atoms with E-state index in [-0.39, 0.29) is 0 Å². The van der Waals surface area contributed by atoms with Crippen molar-refractivity contribution in [3.63, 3.8) is 0 Å². The van der Waals surface area contributed by atoms with Gasteiger partial charge in [0.1, 0.15) is 5.82 Å². The number of para-hydroxylation sites is 2. The molecule has 114 valence electrons. The molecular formula is C19H23N3. The third-order valence-electron chi connectivity index (χ3n) is 3.92. The molecule has 0 saturated heterocycles. The molecule has 3 rings (SSSR count). The summed E-state index contributed by atoms with van der Waals surface area (Å²) in [6.45, 7) is 5.92. The summed E-state index contributed by atoms with van der Waals surface area (Å²) < 4.78 is 2.34. The molecule has 0 atom stereocenters. The summed E-state index contributed by atoms with van der Waals surface area (Å²) >= 11 is 0. The second-order valence-corrected chi connectivity index (χ2v) is 6.22. The Morgan fingerprint density at radius 2 is 1.68 bits per heavy atom. The number of nitrogens with zero attached hydrogens (tertiary/aromatic N) is 2. The van der Waals surface area contributed by atoms with E-state index in [0.717, 1.165) is 18.5 Å². The molecule has 0 amide bonds. The zero-order valence-corrected chi connectivity index (χ0v) is 13.3. The summed E-state index contributed by atoms with van der Waals surface area (Å²) in [5.74, 6) is 1.76. The SMILES string of the molecule is CC(C)Cc1nc2ccccc2n1Cc1ccc(CN)cc1. The van der Waals surface area contributed by atoms with E-state index in [1.165, 1.54) is 22.5 Å². The van der Waals surface area contributed by atoms with Gasteiger partial charge in [0.2, 0.25) is 0 Å². The second-order valence-electron chi connectivity index (χ2n) is 6.22. The van der Waals surface area contributed by atoms with Crippen molar-refractivity contribution in [1.82, 2.24) is 9.55 Å². The molecule has 0 spiro atoms. The highest BCUT2D eigenvalue weighted by atomic mass is 15.1. The Labute approximate surface area is 131 Å². The van der Waals surface area contributed by atoms with Crippen LogP contribution in [0.5, 0.6) is 0 Å². The van der Waals surface area contributed by atoms with Crippen molar-refractivity contribution in [1.29, 1.82) is 0 Å². The molecule has 1 heterocycles. The Morgan fingerprint density at radius 1 is 1.00 bits per heavy atom. The minimum Gasteiger partial charge on any atom is -0.326 e. The Bertz CT molecular complexity index is 754. The molecule has 0 aliphatic rings. The van der Waals surface area contributed by atoms with Crippen LogP contribution in [0.2, 0.25) is 0 Å². The van der Waals surface area contributed by atoms with Gasteiger partial charge >= 0.3 is 0 Å². The van der Waals surface area contributed by atoms with Crippen molar-refractivity contribution < 1.29 is 0 Å². The molecule has 0 aliphatic carbocycles. The van der Waals surface area contributed by atoms with Crippen molar-refractivity contribution in [2.45, 2.75) is 33.4 Å². The van der Waals surface area contributed by atoms with Gasteiger partial charge in [0.15, 0.2) is 0 Å². The molecule has 0 fully saturated rings. The summed E-state index contributed by atoms with van der Waals surface area (Å²) in [5.41, 5.74) is 10.4. The highest BCUT2D eigenvalue weighted by molar-refractivity contribution is 5.76. The van der Waals surface area contributed by atoms with Crippen molar-refractivity contribution in [3.8, 4) is 0 Å². The van der Waals surface area contributed by atoms with Crippen LogP contribution in [0.4, 0.5) is 0 Å². The van der Waals surface area contributed by atoms with Crippen LogP contribution < -0.4 is 5.73 Å². The molecule has 3 nitrogen and oxygen atoms in total. The molecule has 22 heavy (non-hydrogen) atoms. The van der Waals surface area contributed by atoms with Gasteiger partial charge in [-0.15, -0.1) is 0 Å². The number of nitrogens with two attached hydrogens (primary N) is 1. The molecule has 2 aromatic carbocycles. The van der Waals surface area contributed by atoms with E-state index in [1.807, 2.05) is 0 Å². The zero-order valence-electron chi connectivity index (χ0n) is 13.3. The third-order valence-corrected chi connectivity index (χ3v) is 3.92. The lowest BCUT2D eigenvalue weighted by Gasteiger charge is -2.11. The number of rotatable bonds is 5. The summed E-state index contributed by atoms with van der Waals surface area (Å²) in [7, 11) is 0. The largest absolute Gasteiger partial charge is 0.326 e. The van der Waals surface area contributed by atoms with Gasteiger partial charge in [0.05, 0.1) is 11.0 Å². The molecule has 3 aromatic rings. The van der Waals surface area contributed by atoms with Gasteiger partial charge in [-0.1, -0.05) is 50.2 Å². The fraction of sp³-hybridized carbons (Fsp3) is 0.316. The van der Waals surface area contributed by atoms with Crippen LogP contribution in [0.3, 0.4) is 0 Å². The van der Waals surface area contributed by atoms with E-state index in [0.29, 0.717) is 12.5 Å². The Balaban J connectivity index is 1.99. The van der Waals surface area contributed by atoms with E-state index in [4.69, 9.17) is 10.7 Å². The highest BCUT2D eigenvalue weighted by Crippen LogP contribution is 2.20. The van der Waals surface area contributed by atoms with E-state index in [2.05, 4.69) is 66.9 Å². The van der Waals surface area contributed by atoms with Crippen molar-refractivity contribution in [3.05, 3.63) is 65.5 Å². The maximum Gasteiger partial charge on any atom is 0.110 e. The normalized spacial score (nSPS) is 11.5. The maximum atomic E-state index is 5.67. The molecule has 2 N–H and O–H groups in total. The lowest BCUT2D eigenvalue weighted by atomic mass is 10.1. The molecule has 1 aromatic heterocycles. The van der Waals surface area contributed by atoms with Gasteiger partial charge in [-0.2, -0.15) is 0 Å². The van der Waals surface area contributed by atoms with Crippen LogP contribution in [0.15, 0.2) is 48.5 Å². The van der Waals surface area contributed by atoms with Gasteiger partial charge in [-0.05, 0) is 29.2 Å². The number of aromatic nitrogens is 2. The number of fused-ring (bicyclic) bond motifs is 1. The number of hydrogen-bond donors (Lipinski definition) is 1. The number of imidazole rings is 1. The molecule has 0 unspecified atom stereocenters. The summed E-state index contributed by atoms with van der Waals surface area (Å²) in [4.78, 5) is 4.83. The van der Waals surface area contributed by atoms with Crippen molar-refractivity contribution >= 4 is 11.0 Å². The van der Waals surface area contributed by atoms with Crippen LogP contribution in [0.1, 0.15) is 30.8 Å². The van der Waals surface area contributed by atoms with Gasteiger partial charge in [-0.3, -0.25) is 0 Å². The van der Waals surface area contributed by atoms with E-state index < -0.39 is 0 Å². The first-order chi connectivity index (χ1) is 10.7. The van der Waals surface area contributed by atoms with Crippen molar-refractivity contribution in [2.75, 3.05) is 0 Å². The second kappa shape index (κ2) is 6.32. The topological polar surface area (TPSA) is 43.8 Å². The Hall–Kier alpha value is -2.13. The van der Waals surface area contributed by atoms with Crippen LogP contribution in [0, 0.1) is 5.92 Å². The average molecular weight is 293 g/mol. The molecule has 3 heteroatoms. The minimum absolute atomic E-state index is 0.590. The molecule has 0 radical (unpaired) electrons. The van der Waals surface area contributed by atoms with Crippen molar-refractivity contribution in [2.24, 2.45) is 11.7 Å². The monoisotopic (exact) mass is 293 g/mol. The smallest absolute Gasteiger partial charge is 0.110 e. The fourth-order valence-corrected chi connectivity index (χ4v) is 2.79. The zero-order chi connectivity index (χ0) is 15.5. The fourth-order valence-electron chi connectivity index (χ4n) is 2.79. The number of benzene rings is 2. The molecule has 0 bridgehead atoms. The van der Waals surface area contributed by atoms with Crippen LogP contribution in [0.25, 0.3) is 11.0 Å². The quantitative estimate of drug-likeness (QED) is 0.778. The van der Waals surface area contributed by atoms with Gasteiger partial charge < -0.3 is 10.3 Å². The van der Waals surface area contributed by atoms with Crippen LogP contribution in [-0.2, 0) is 19.5 Å². The van der Waals surface area contributed by atoms with Crippen LogP contribution in [-0.4, -0.2) is 9.55 Å². The van der Waals surface area contributed by atoms with Gasteiger partial charge in [-0.25, -0.2) is 4.98 Å². The molecule has 0 aliphatic heterocycles. The first-order valence-corrected chi connectivity index (χ1v) is 7.89. The summed E-state index contributed by atoms with van der Waals surface area (Å²) in [6.07, 6.45) is 0.996. The van der Waals surface area contributed by atoms with Crippen LogP contribution >= 0.6 is 0 Å². The first-order valence-electron chi connectivity index (χ1n) is 7.89. The first kappa shape index (κ1) is 14.8. The highest BCUT2D eigenvalue weighted by Gasteiger charge is 2.12. The van der Waals surface area contributed by atoms with Gasteiger partial charge in [0.25, 0.3) is 0 Å². The Kier molecular flexibility index (Phi) is 4.25. The van der Waals surface area contributed by atoms with Gasteiger partial charge in [0, 0.05) is 19.5 Å². The van der Waals surface area contributed by atoms with E-state index in [1.54, 1.807) is 0 Å². The predicted molar refractivity (Wildman–Crippen MR) is 91.7 cm³/mol. The minimum atomic E-state index is 0.590. The maximum absolute atomic E-state index is 5.67. The third kappa shape index (κ3) is 3.04. The van der Waals surface area contributed by atoms with E-state index >= 15 is 0 Å². The Morgan fingerprint density at radius 3 is 2.36 bits per heavy atom. The molecule has 0 saturated carbocycles. The van der Waals surface area contributed by atoms with E-state index in [9.17, 15) is 0 Å². The standard InChI is InChI=1S/C19H23N3/c1-14(2)11-19-21-17-5-3-4-6-18(17)22(19)13-16-9-7-15(12-20)8-10-16/h3-10,14H,11-13,20H2,1-2H3.